The first-order valence-corrected chi connectivity index (χ1v) is 9.62. The highest BCUT2D eigenvalue weighted by atomic mass is 19.1. The molecule has 0 fully saturated rings. The van der Waals surface area contributed by atoms with Crippen LogP contribution in [0.3, 0.4) is 0 Å². The number of carboxylic acid groups (broad SMARTS) is 1. The summed E-state index contributed by atoms with van der Waals surface area (Å²) in [5.41, 5.74) is 2.36. The number of amides is 2. The summed E-state index contributed by atoms with van der Waals surface area (Å²) in [6.07, 6.45) is -1.28. The summed E-state index contributed by atoms with van der Waals surface area (Å²) in [6.45, 7) is 5.64. The van der Waals surface area contributed by atoms with Crippen molar-refractivity contribution in [2.45, 2.75) is 45.3 Å². The minimum Gasteiger partial charge on any atom is -0.465 e. The molecule has 0 spiro atoms. The van der Waals surface area contributed by atoms with Gasteiger partial charge in [-0.25, -0.2) is 9.18 Å². The van der Waals surface area contributed by atoms with E-state index in [1.807, 2.05) is 18.2 Å². The molecule has 1 N–H and O–H groups in total. The van der Waals surface area contributed by atoms with Crippen LogP contribution >= 0.6 is 0 Å². The van der Waals surface area contributed by atoms with Gasteiger partial charge in [0, 0.05) is 31.1 Å². The monoisotopic (exact) mass is 409 g/mol. The number of rotatable bonds is 4. The maximum Gasteiger partial charge on any atom is 0.408 e. The third-order valence-corrected chi connectivity index (χ3v) is 5.28. The zero-order chi connectivity index (χ0) is 22.2. The quantitative estimate of drug-likeness (QED) is 0.816. The normalized spacial score (nSPS) is 14.3. The largest absolute Gasteiger partial charge is 0.465 e. The minimum absolute atomic E-state index is 0.0559. The lowest BCUT2D eigenvalue weighted by atomic mass is 9.96. The molecule has 0 saturated heterocycles. The number of halogens is 1. The van der Waals surface area contributed by atoms with Crippen LogP contribution < -0.4 is 0 Å². The van der Waals surface area contributed by atoms with Gasteiger partial charge in [-0.1, -0.05) is 24.3 Å². The summed E-state index contributed by atoms with van der Waals surface area (Å²) in [7, 11) is 1.74. The van der Waals surface area contributed by atoms with Gasteiger partial charge in [0.1, 0.15) is 11.9 Å². The van der Waals surface area contributed by atoms with Gasteiger partial charge in [-0.2, -0.15) is 5.26 Å². The van der Waals surface area contributed by atoms with Crippen LogP contribution in [0.25, 0.3) is 11.1 Å². The molecular weight excluding hydrogens is 385 g/mol. The van der Waals surface area contributed by atoms with E-state index in [4.69, 9.17) is 0 Å². The van der Waals surface area contributed by atoms with Gasteiger partial charge in [0.25, 0.3) is 5.91 Å². The number of hydrogen-bond donors (Lipinski definition) is 1. The van der Waals surface area contributed by atoms with Gasteiger partial charge in [-0.15, -0.1) is 0 Å². The molecule has 1 heterocycles. The lowest BCUT2D eigenvalue weighted by Gasteiger charge is -2.36. The number of fused-ring (bicyclic) bond motifs is 1. The number of hydrogen-bond acceptors (Lipinski definition) is 3. The lowest BCUT2D eigenvalue weighted by molar-refractivity contribution is 0.0814. The van der Waals surface area contributed by atoms with E-state index in [0.29, 0.717) is 17.7 Å². The molecule has 7 heteroatoms. The van der Waals surface area contributed by atoms with Gasteiger partial charge in [-0.3, -0.25) is 9.69 Å². The van der Waals surface area contributed by atoms with Crippen LogP contribution in [0.4, 0.5) is 9.18 Å². The van der Waals surface area contributed by atoms with Crippen molar-refractivity contribution in [1.29, 1.82) is 5.26 Å². The first kappa shape index (κ1) is 21.3. The number of nitriles is 1. The Morgan fingerprint density at radius 2 is 1.90 bits per heavy atom. The van der Waals surface area contributed by atoms with Crippen molar-refractivity contribution in [2.75, 3.05) is 7.05 Å². The number of carbonyl (C=O) groups excluding carboxylic acids is 1. The van der Waals surface area contributed by atoms with E-state index in [1.165, 1.54) is 6.07 Å². The predicted octanol–water partition coefficient (Wildman–Crippen LogP) is 4.29. The van der Waals surface area contributed by atoms with E-state index < -0.39 is 23.5 Å². The average Bonchev–Trinajstić information content (AvgIpc) is 2.94. The standard InChI is InChI=1S/C23H24FN3O3/c1-23(2,3)27(22(29)30)18(12-25)9-16-7-5-15(11-20(16)24)14-6-8-17-13-26(4)21(28)19(17)10-14/h5-8,10-11,18H,9,13H2,1-4H3,(H,29,30). The molecule has 2 amide bonds. The summed E-state index contributed by atoms with van der Waals surface area (Å²) in [6, 6.07) is 11.1. The summed E-state index contributed by atoms with van der Waals surface area (Å²) in [5, 5.41) is 19.0. The molecule has 0 saturated carbocycles. The highest BCUT2D eigenvalue weighted by Gasteiger charge is 2.34. The topological polar surface area (TPSA) is 84.6 Å². The van der Waals surface area contributed by atoms with Crippen LogP contribution in [0.1, 0.15) is 42.3 Å². The second kappa shape index (κ2) is 7.79. The Morgan fingerprint density at radius 1 is 1.27 bits per heavy atom. The lowest BCUT2D eigenvalue weighted by Crippen LogP contribution is -2.51. The Bertz CT molecular complexity index is 1050. The number of nitrogens with zero attached hydrogens (tertiary/aromatic N) is 3. The third kappa shape index (κ3) is 3.99. The average molecular weight is 409 g/mol. The summed E-state index contributed by atoms with van der Waals surface area (Å²) in [4.78, 5) is 26.6. The Morgan fingerprint density at radius 3 is 2.47 bits per heavy atom. The van der Waals surface area contributed by atoms with Crippen LogP contribution in [0.5, 0.6) is 0 Å². The molecule has 0 aliphatic carbocycles. The Balaban J connectivity index is 1.89. The molecule has 0 radical (unpaired) electrons. The molecule has 1 aliphatic heterocycles. The van der Waals surface area contributed by atoms with E-state index in [2.05, 4.69) is 0 Å². The van der Waals surface area contributed by atoms with Crippen LogP contribution in [-0.4, -0.2) is 45.5 Å². The second-order valence-electron chi connectivity index (χ2n) is 8.51. The van der Waals surface area contributed by atoms with Crippen LogP contribution in [0.2, 0.25) is 0 Å². The van der Waals surface area contributed by atoms with Crippen LogP contribution in [0.15, 0.2) is 36.4 Å². The van der Waals surface area contributed by atoms with Gasteiger partial charge in [0.2, 0.25) is 0 Å². The van der Waals surface area contributed by atoms with Crippen molar-refractivity contribution in [1.82, 2.24) is 9.80 Å². The maximum absolute atomic E-state index is 14.9. The van der Waals surface area contributed by atoms with E-state index >= 15 is 0 Å². The molecule has 156 valence electrons. The molecule has 1 unspecified atom stereocenters. The van der Waals surface area contributed by atoms with Gasteiger partial charge in [0.05, 0.1) is 6.07 Å². The first-order chi connectivity index (χ1) is 14.0. The number of benzene rings is 2. The van der Waals surface area contributed by atoms with Crippen LogP contribution in [0, 0.1) is 17.1 Å². The van der Waals surface area contributed by atoms with Gasteiger partial charge < -0.3 is 10.0 Å². The van der Waals surface area contributed by atoms with Crippen molar-refractivity contribution in [3.8, 4) is 17.2 Å². The van der Waals surface area contributed by atoms with Crippen molar-refractivity contribution < 1.29 is 19.1 Å². The maximum atomic E-state index is 14.9. The summed E-state index contributed by atoms with van der Waals surface area (Å²) < 4.78 is 14.9. The van der Waals surface area contributed by atoms with Gasteiger partial charge in [-0.05, 0) is 55.2 Å². The van der Waals surface area contributed by atoms with Gasteiger partial charge in [0.15, 0.2) is 0 Å². The fourth-order valence-electron chi connectivity index (χ4n) is 3.81. The van der Waals surface area contributed by atoms with Crippen molar-refractivity contribution in [3.05, 3.63) is 58.9 Å². The van der Waals surface area contributed by atoms with E-state index in [0.717, 1.165) is 16.0 Å². The molecule has 1 atom stereocenters. The van der Waals surface area contributed by atoms with Gasteiger partial charge >= 0.3 is 6.09 Å². The molecular formula is C23H24FN3O3. The van der Waals surface area contributed by atoms with Crippen molar-refractivity contribution in [2.24, 2.45) is 0 Å². The smallest absolute Gasteiger partial charge is 0.408 e. The summed E-state index contributed by atoms with van der Waals surface area (Å²) >= 11 is 0. The van der Waals surface area contributed by atoms with Crippen LogP contribution in [-0.2, 0) is 13.0 Å². The van der Waals surface area contributed by atoms with Crippen molar-refractivity contribution >= 4 is 12.0 Å². The van der Waals surface area contributed by atoms with E-state index in [1.54, 1.807) is 50.9 Å². The molecule has 1 aliphatic rings. The molecule has 6 nitrogen and oxygen atoms in total. The first-order valence-electron chi connectivity index (χ1n) is 9.62. The van der Waals surface area contributed by atoms with Crippen molar-refractivity contribution in [3.63, 3.8) is 0 Å². The van der Waals surface area contributed by atoms with E-state index in [-0.39, 0.29) is 17.9 Å². The molecule has 30 heavy (non-hydrogen) atoms. The third-order valence-electron chi connectivity index (χ3n) is 5.28. The SMILES string of the molecule is CN1Cc2ccc(-c3ccc(CC(C#N)N(C(=O)O)C(C)(C)C)c(F)c3)cc2C1=O. The molecule has 2 aromatic rings. The zero-order valence-electron chi connectivity index (χ0n) is 17.4. The highest BCUT2D eigenvalue weighted by molar-refractivity contribution is 5.99. The molecule has 0 aromatic heterocycles. The molecule has 0 bridgehead atoms. The Labute approximate surface area is 175 Å². The zero-order valence-corrected chi connectivity index (χ0v) is 17.4. The number of carbonyl (C=O) groups is 2. The molecule has 2 aromatic carbocycles. The second-order valence-corrected chi connectivity index (χ2v) is 8.51. The Hall–Kier alpha value is -3.40. The molecule has 3 rings (SSSR count). The van der Waals surface area contributed by atoms with E-state index in [9.17, 15) is 24.3 Å². The highest BCUT2D eigenvalue weighted by Crippen LogP contribution is 2.29. The minimum atomic E-state index is -1.22. The summed E-state index contributed by atoms with van der Waals surface area (Å²) in [5.74, 6) is -0.576. The fraction of sp³-hybridized carbons (Fsp3) is 0.348. The fourth-order valence-corrected chi connectivity index (χ4v) is 3.81. The predicted molar refractivity (Wildman–Crippen MR) is 110 cm³/mol. The Kier molecular flexibility index (Phi) is 5.53.